The highest BCUT2D eigenvalue weighted by Crippen LogP contribution is 2.43. The van der Waals surface area contributed by atoms with E-state index in [0.717, 1.165) is 5.56 Å². The van der Waals surface area contributed by atoms with Gasteiger partial charge in [0.2, 0.25) is 0 Å². The van der Waals surface area contributed by atoms with Gasteiger partial charge in [-0.25, -0.2) is 0 Å². The Hall–Kier alpha value is -1.55. The minimum absolute atomic E-state index is 0.0150. The molecule has 0 radical (unpaired) electrons. The molecule has 24 heavy (non-hydrogen) atoms. The predicted molar refractivity (Wildman–Crippen MR) is 94.8 cm³/mol. The Morgan fingerprint density at radius 2 is 2.12 bits per heavy atom. The van der Waals surface area contributed by atoms with Crippen molar-refractivity contribution in [3.63, 3.8) is 0 Å². The largest absolute Gasteiger partial charge is 0.493 e. The van der Waals surface area contributed by atoms with E-state index in [0.29, 0.717) is 18.5 Å². The second kappa shape index (κ2) is 6.40. The van der Waals surface area contributed by atoms with Crippen molar-refractivity contribution in [1.82, 2.24) is 4.90 Å². The summed E-state index contributed by atoms with van der Waals surface area (Å²) < 4.78 is 58.7. The van der Waals surface area contributed by atoms with Crippen LogP contribution in [0.3, 0.4) is 0 Å². The van der Waals surface area contributed by atoms with E-state index < -0.39 is 31.1 Å². The van der Waals surface area contributed by atoms with Gasteiger partial charge in [0.05, 0.1) is 18.3 Å². The van der Waals surface area contributed by atoms with Gasteiger partial charge in [-0.05, 0) is 41.5 Å². The Kier molecular flexibility index (Phi) is 2.97. The molecule has 1 saturated heterocycles. The van der Waals surface area contributed by atoms with Gasteiger partial charge in [-0.2, -0.15) is 0 Å². The summed E-state index contributed by atoms with van der Waals surface area (Å²) in [6, 6.07) is 2.23. The average Bonchev–Trinajstić information content (AvgIpc) is 2.56. The molecule has 4 heteroatoms. The molecule has 0 spiro atoms. The molecule has 0 aliphatic carbocycles. The summed E-state index contributed by atoms with van der Waals surface area (Å²) in [6.45, 7) is 6.45. The molecule has 1 fully saturated rings. The molecule has 132 valence electrons. The molecule has 2 atom stereocenters. The molecule has 0 amide bonds. The van der Waals surface area contributed by atoms with Gasteiger partial charge in [-0.15, -0.1) is 0 Å². The van der Waals surface area contributed by atoms with Crippen LogP contribution in [0.2, 0.25) is 0 Å². The Morgan fingerprint density at radius 3 is 2.79 bits per heavy atom. The molecule has 2 aliphatic rings. The Balaban J connectivity index is 2.07. The van der Waals surface area contributed by atoms with E-state index in [1.807, 2.05) is 25.7 Å². The summed E-state index contributed by atoms with van der Waals surface area (Å²) in [5.41, 5.74) is 0.996. The molecule has 2 heterocycles. The summed E-state index contributed by atoms with van der Waals surface area (Å²) >= 11 is 0. The highest BCUT2D eigenvalue weighted by atomic mass is 16.5. The highest BCUT2D eigenvalue weighted by molar-refractivity contribution is 5.83. The summed E-state index contributed by atoms with van der Waals surface area (Å²) in [6.07, 6.45) is -1.47. The standard InChI is InChI=1S/C20H29NO3/c1-20(2,3)11-14-12-21-7-6-13-8-18(23-4)19(24-5)9-15(13)16(21)10-17(14)22/h8-9,14,16H,6-7,10-12H2,1-5H3/t14-,16-/m0/s1/i5D3,10D2,14D. The second-order valence-electron chi connectivity index (χ2n) is 7.74. The molecule has 4 nitrogen and oxygen atoms in total. The molecule has 0 saturated carbocycles. The molecule has 1 aromatic carbocycles. The third kappa shape index (κ3) is 3.30. The van der Waals surface area contributed by atoms with Crippen LogP contribution in [0.1, 0.15) is 59.0 Å². The van der Waals surface area contributed by atoms with Gasteiger partial charge in [0.1, 0.15) is 5.78 Å². The predicted octanol–water partition coefficient (Wildman–Crippen LogP) is 3.63. The maximum atomic E-state index is 13.2. The van der Waals surface area contributed by atoms with Crippen molar-refractivity contribution in [2.24, 2.45) is 11.3 Å². The van der Waals surface area contributed by atoms with Gasteiger partial charge in [-0.1, -0.05) is 20.8 Å². The van der Waals surface area contributed by atoms with E-state index in [2.05, 4.69) is 0 Å². The van der Waals surface area contributed by atoms with Gasteiger partial charge < -0.3 is 9.47 Å². The van der Waals surface area contributed by atoms with Gasteiger partial charge in [0.15, 0.2) is 11.5 Å². The lowest BCUT2D eigenvalue weighted by Gasteiger charge is -2.44. The van der Waals surface area contributed by atoms with Crippen LogP contribution >= 0.6 is 0 Å². The number of hydrogen-bond acceptors (Lipinski definition) is 4. The fraction of sp³-hybridized carbons (Fsp3) is 0.650. The molecular formula is C20H29NO3. The lowest BCUT2D eigenvalue weighted by molar-refractivity contribution is -0.130. The number of ketones is 1. The van der Waals surface area contributed by atoms with Crippen molar-refractivity contribution in [3.8, 4) is 11.5 Å². The summed E-state index contributed by atoms with van der Waals surface area (Å²) in [5, 5.41) is 0. The van der Waals surface area contributed by atoms with Gasteiger partial charge in [0, 0.05) is 35.5 Å². The van der Waals surface area contributed by atoms with Crippen LogP contribution in [0, 0.1) is 11.3 Å². The number of piperidine rings is 1. The van der Waals surface area contributed by atoms with Crippen LogP contribution in [0.25, 0.3) is 0 Å². The van der Waals surface area contributed by atoms with Crippen molar-refractivity contribution in [2.45, 2.75) is 46.0 Å². The molecule has 0 unspecified atom stereocenters. The number of benzene rings is 1. The summed E-state index contributed by atoms with van der Waals surface area (Å²) in [4.78, 5) is 15.1. The minimum atomic E-state index is -2.69. The Morgan fingerprint density at radius 1 is 1.38 bits per heavy atom. The van der Waals surface area contributed by atoms with E-state index in [1.54, 1.807) is 6.07 Å². The quantitative estimate of drug-likeness (QED) is 0.844. The lowest BCUT2D eigenvalue weighted by Crippen LogP contribution is -2.47. The maximum Gasteiger partial charge on any atom is 0.161 e. The van der Waals surface area contributed by atoms with Crippen molar-refractivity contribution in [1.29, 1.82) is 0 Å². The number of Topliss-reactive ketones (excluding diaryl/α,β-unsaturated/α-hetero) is 1. The third-order valence-corrected chi connectivity index (χ3v) is 4.59. The number of methoxy groups -OCH3 is 2. The normalized spacial score (nSPS) is 33.7. The van der Waals surface area contributed by atoms with Gasteiger partial charge in [0.25, 0.3) is 0 Å². The monoisotopic (exact) mass is 337 g/mol. The number of nitrogens with zero attached hydrogens (tertiary/aromatic N) is 1. The zero-order chi connectivity index (χ0) is 22.7. The molecule has 2 aliphatic heterocycles. The maximum absolute atomic E-state index is 13.2. The molecule has 0 aromatic heterocycles. The van der Waals surface area contributed by atoms with Crippen LogP contribution in [0.5, 0.6) is 11.5 Å². The third-order valence-electron chi connectivity index (χ3n) is 4.59. The van der Waals surface area contributed by atoms with E-state index >= 15 is 0 Å². The van der Waals surface area contributed by atoms with Crippen LogP contribution < -0.4 is 9.47 Å². The van der Waals surface area contributed by atoms with Gasteiger partial charge in [-0.3, -0.25) is 9.69 Å². The second-order valence-corrected chi connectivity index (χ2v) is 7.74. The molecule has 3 rings (SSSR count). The number of hydrogen-bond donors (Lipinski definition) is 0. The van der Waals surface area contributed by atoms with Crippen LogP contribution in [0.4, 0.5) is 0 Å². The first-order chi connectivity index (χ1) is 13.6. The molecular weight excluding hydrogens is 302 g/mol. The highest BCUT2D eigenvalue weighted by Gasteiger charge is 2.39. The van der Waals surface area contributed by atoms with Crippen molar-refractivity contribution < 1.29 is 22.5 Å². The van der Waals surface area contributed by atoms with Crippen molar-refractivity contribution in [3.05, 3.63) is 23.3 Å². The molecule has 0 N–H and O–H groups in total. The number of fused-ring (bicyclic) bond motifs is 3. The average molecular weight is 337 g/mol. The first-order valence-electron chi connectivity index (χ1n) is 11.3. The molecule has 0 bridgehead atoms. The van der Waals surface area contributed by atoms with E-state index in [4.69, 9.17) is 17.7 Å². The van der Waals surface area contributed by atoms with Crippen molar-refractivity contribution in [2.75, 3.05) is 27.2 Å². The van der Waals surface area contributed by atoms with Gasteiger partial charge >= 0.3 is 0 Å². The van der Waals surface area contributed by atoms with Crippen LogP contribution in [0.15, 0.2) is 12.1 Å². The number of rotatable bonds is 3. The summed E-state index contributed by atoms with van der Waals surface area (Å²) in [5.74, 6) is -2.03. The number of carbonyl (C=O) groups is 1. The topological polar surface area (TPSA) is 38.8 Å². The van der Waals surface area contributed by atoms with Crippen LogP contribution in [-0.4, -0.2) is 37.9 Å². The number of carbonyl (C=O) groups excluding carboxylic acids is 1. The minimum Gasteiger partial charge on any atom is -0.493 e. The lowest BCUT2D eigenvalue weighted by atomic mass is 9.76. The van der Waals surface area contributed by atoms with Crippen molar-refractivity contribution >= 4 is 5.78 Å². The molecule has 1 aromatic rings. The first-order valence-corrected chi connectivity index (χ1v) is 8.26. The smallest absolute Gasteiger partial charge is 0.161 e. The zero-order valence-corrected chi connectivity index (χ0v) is 14.7. The SMILES string of the molecule is [2H]C([2H])([2H])Oc1cc2c(cc1OC)CCN1C[C@]([2H])(CC(C)(C)C)C(=O)C([2H])([2H])[C@@H]21. The zero-order valence-electron chi connectivity index (χ0n) is 20.7. The van der Waals surface area contributed by atoms with E-state index in [1.165, 1.54) is 13.2 Å². The fourth-order valence-electron chi connectivity index (χ4n) is 3.58. The summed E-state index contributed by atoms with van der Waals surface area (Å²) in [7, 11) is -1.28. The number of ether oxygens (including phenoxy) is 2. The van der Waals surface area contributed by atoms with Crippen LogP contribution in [-0.2, 0) is 11.2 Å². The fourth-order valence-corrected chi connectivity index (χ4v) is 3.58. The van der Waals surface area contributed by atoms with E-state index in [-0.39, 0.29) is 29.9 Å². The van der Waals surface area contributed by atoms with E-state index in [9.17, 15) is 4.79 Å². The first kappa shape index (κ1) is 11.1. The Labute approximate surface area is 153 Å². The Bertz CT molecular complexity index is 848.